The van der Waals surface area contributed by atoms with Gasteiger partial charge in [0.2, 0.25) is 0 Å². The second-order valence-electron chi connectivity index (χ2n) is 6.88. The highest BCUT2D eigenvalue weighted by atomic mass is 32.2. The average Bonchev–Trinajstić information content (AvgIpc) is 2.78. The first-order valence-corrected chi connectivity index (χ1v) is 11.0. The summed E-state index contributed by atoms with van der Waals surface area (Å²) in [6, 6.07) is 14.5. The van der Waals surface area contributed by atoms with E-state index in [9.17, 15) is 23.3 Å². The zero-order valence-corrected chi connectivity index (χ0v) is 18.8. The van der Waals surface area contributed by atoms with Crippen molar-refractivity contribution in [1.29, 1.82) is 0 Å². The van der Waals surface area contributed by atoms with E-state index >= 15 is 0 Å². The summed E-state index contributed by atoms with van der Waals surface area (Å²) in [6.45, 7) is 1.52. The van der Waals surface area contributed by atoms with Crippen molar-refractivity contribution in [2.75, 3.05) is 24.3 Å². The van der Waals surface area contributed by atoms with Crippen LogP contribution in [-0.4, -0.2) is 33.5 Å². The number of sulfonamides is 1. The summed E-state index contributed by atoms with van der Waals surface area (Å²) in [6.07, 6.45) is 0. The van der Waals surface area contributed by atoms with Crippen molar-refractivity contribution in [3.8, 4) is 11.5 Å². The van der Waals surface area contributed by atoms with Crippen molar-refractivity contribution in [3.63, 3.8) is 0 Å². The lowest BCUT2D eigenvalue weighted by Crippen LogP contribution is -2.16. The van der Waals surface area contributed by atoms with E-state index in [2.05, 4.69) is 10.0 Å². The van der Waals surface area contributed by atoms with Gasteiger partial charge in [0.15, 0.2) is 0 Å². The largest absolute Gasteiger partial charge is 0.495 e. The van der Waals surface area contributed by atoms with Gasteiger partial charge in [-0.1, -0.05) is 12.1 Å². The van der Waals surface area contributed by atoms with Crippen LogP contribution < -0.4 is 19.5 Å². The number of hydrogen-bond donors (Lipinski definition) is 2. The molecule has 0 aliphatic carbocycles. The number of nitrogens with one attached hydrogen (secondary N) is 2. The summed E-state index contributed by atoms with van der Waals surface area (Å²) < 4.78 is 38.8. The second-order valence-corrected chi connectivity index (χ2v) is 8.56. The lowest BCUT2D eigenvalue weighted by Gasteiger charge is -2.15. The van der Waals surface area contributed by atoms with E-state index in [0.29, 0.717) is 11.3 Å². The van der Waals surface area contributed by atoms with E-state index < -0.39 is 20.9 Å². The van der Waals surface area contributed by atoms with Gasteiger partial charge in [0.1, 0.15) is 11.5 Å². The monoisotopic (exact) mass is 471 g/mol. The fourth-order valence-corrected chi connectivity index (χ4v) is 4.18. The van der Waals surface area contributed by atoms with Gasteiger partial charge < -0.3 is 14.8 Å². The summed E-state index contributed by atoms with van der Waals surface area (Å²) in [5.74, 6) is -0.00610. The van der Waals surface area contributed by atoms with Crippen molar-refractivity contribution < 1.29 is 27.6 Å². The number of methoxy groups -OCH3 is 2. The minimum atomic E-state index is -4.03. The number of rotatable bonds is 8. The molecule has 11 heteroatoms. The maximum Gasteiger partial charge on any atom is 0.272 e. The first kappa shape index (κ1) is 23.5. The summed E-state index contributed by atoms with van der Waals surface area (Å²) >= 11 is 0. The smallest absolute Gasteiger partial charge is 0.272 e. The van der Waals surface area contributed by atoms with E-state index in [1.165, 1.54) is 57.5 Å². The zero-order valence-electron chi connectivity index (χ0n) is 18.0. The van der Waals surface area contributed by atoms with Crippen LogP contribution in [0, 0.1) is 17.0 Å². The number of ether oxygens (including phenoxy) is 2. The highest BCUT2D eigenvalue weighted by Gasteiger charge is 2.20. The van der Waals surface area contributed by atoms with Crippen molar-refractivity contribution >= 4 is 33.0 Å². The van der Waals surface area contributed by atoms with E-state index in [1.54, 1.807) is 24.3 Å². The molecule has 0 heterocycles. The Morgan fingerprint density at radius 1 is 0.939 bits per heavy atom. The van der Waals surface area contributed by atoms with Gasteiger partial charge in [0.05, 0.1) is 35.4 Å². The number of nitrogens with zero attached hydrogens (tertiary/aromatic N) is 1. The Morgan fingerprint density at radius 2 is 1.61 bits per heavy atom. The number of para-hydroxylation sites is 2. The molecule has 33 heavy (non-hydrogen) atoms. The predicted octanol–water partition coefficient (Wildman–Crippen LogP) is 3.97. The Bertz CT molecular complexity index is 1320. The molecule has 2 N–H and O–H groups in total. The number of nitro benzene ring substituents is 1. The second kappa shape index (κ2) is 9.57. The third-order valence-corrected chi connectivity index (χ3v) is 6.10. The van der Waals surface area contributed by atoms with Crippen molar-refractivity contribution in [1.82, 2.24) is 0 Å². The van der Waals surface area contributed by atoms with Crippen molar-refractivity contribution in [3.05, 3.63) is 81.9 Å². The number of benzene rings is 3. The number of hydrogen-bond acceptors (Lipinski definition) is 7. The van der Waals surface area contributed by atoms with E-state index in [4.69, 9.17) is 9.47 Å². The molecule has 0 aromatic heterocycles. The molecule has 0 radical (unpaired) electrons. The number of aryl methyl sites for hydroxylation is 1. The molecule has 3 rings (SSSR count). The number of carbonyl (C=O) groups excluding carboxylic acids is 1. The molecule has 0 atom stereocenters. The highest BCUT2D eigenvalue weighted by molar-refractivity contribution is 7.92. The minimum absolute atomic E-state index is 0.111. The molecule has 0 aliphatic rings. The van der Waals surface area contributed by atoms with Gasteiger partial charge in [0, 0.05) is 17.2 Å². The minimum Gasteiger partial charge on any atom is -0.495 e. The molecule has 10 nitrogen and oxygen atoms in total. The Hall–Kier alpha value is -4.12. The first-order valence-electron chi connectivity index (χ1n) is 9.56. The molecular formula is C22H21N3O7S. The molecule has 0 saturated heterocycles. The molecule has 0 saturated carbocycles. The Labute approximate surface area is 190 Å². The predicted molar refractivity (Wildman–Crippen MR) is 123 cm³/mol. The van der Waals surface area contributed by atoms with Gasteiger partial charge in [-0.25, -0.2) is 8.42 Å². The van der Waals surface area contributed by atoms with Crippen molar-refractivity contribution in [2.24, 2.45) is 0 Å². The van der Waals surface area contributed by atoms with Gasteiger partial charge in [-0.3, -0.25) is 19.6 Å². The molecule has 3 aromatic carbocycles. The molecule has 172 valence electrons. The average molecular weight is 471 g/mol. The summed E-state index contributed by atoms with van der Waals surface area (Å²) in [5.41, 5.74) is 0.737. The maximum absolute atomic E-state index is 12.9. The SMILES string of the molecule is COc1ccc(S(=O)(=O)Nc2ccccc2OC)cc1NC(=O)c1ccc([N+](=O)[O-])c(C)c1. The van der Waals surface area contributed by atoms with Crippen LogP contribution in [-0.2, 0) is 10.0 Å². The third kappa shape index (κ3) is 5.21. The molecule has 0 unspecified atom stereocenters. The highest BCUT2D eigenvalue weighted by Crippen LogP contribution is 2.31. The molecule has 0 aliphatic heterocycles. The van der Waals surface area contributed by atoms with Crippen LogP contribution >= 0.6 is 0 Å². The Morgan fingerprint density at radius 3 is 2.24 bits per heavy atom. The number of anilines is 2. The number of carbonyl (C=O) groups is 1. The summed E-state index contributed by atoms with van der Waals surface area (Å²) in [5, 5.41) is 13.6. The fourth-order valence-electron chi connectivity index (χ4n) is 3.08. The molecule has 1 amide bonds. The summed E-state index contributed by atoms with van der Waals surface area (Å²) in [7, 11) is -1.23. The normalized spacial score (nSPS) is 10.9. The molecule has 0 bridgehead atoms. The fraction of sp³-hybridized carbons (Fsp3) is 0.136. The number of nitro groups is 1. The van der Waals surface area contributed by atoms with Crippen LogP contribution in [0.3, 0.4) is 0 Å². The lowest BCUT2D eigenvalue weighted by atomic mass is 10.1. The van der Waals surface area contributed by atoms with Gasteiger partial charge >= 0.3 is 0 Å². The zero-order chi connectivity index (χ0) is 24.2. The van der Waals surface area contributed by atoms with Gasteiger partial charge in [-0.15, -0.1) is 0 Å². The Balaban J connectivity index is 1.91. The van der Waals surface area contributed by atoms with Crippen molar-refractivity contribution in [2.45, 2.75) is 11.8 Å². The van der Waals surface area contributed by atoms with E-state index in [1.807, 2.05) is 0 Å². The maximum atomic E-state index is 12.9. The van der Waals surface area contributed by atoms with Gasteiger partial charge in [0.25, 0.3) is 21.6 Å². The Kier molecular flexibility index (Phi) is 6.83. The molecular weight excluding hydrogens is 450 g/mol. The van der Waals surface area contributed by atoms with Crippen LogP contribution in [0.15, 0.2) is 65.6 Å². The van der Waals surface area contributed by atoms with Crippen LogP contribution in [0.5, 0.6) is 11.5 Å². The first-order chi connectivity index (χ1) is 15.7. The molecule has 3 aromatic rings. The summed E-state index contributed by atoms with van der Waals surface area (Å²) in [4.78, 5) is 23.1. The quantitative estimate of drug-likeness (QED) is 0.374. The topological polar surface area (TPSA) is 137 Å². The van der Waals surface area contributed by atoms with Crippen LogP contribution in [0.1, 0.15) is 15.9 Å². The van der Waals surface area contributed by atoms with Crippen LogP contribution in [0.25, 0.3) is 0 Å². The molecule has 0 fully saturated rings. The van der Waals surface area contributed by atoms with Crippen LogP contribution in [0.4, 0.5) is 17.1 Å². The molecule has 0 spiro atoms. The lowest BCUT2D eigenvalue weighted by molar-refractivity contribution is -0.385. The standard InChI is InChI=1S/C22H21N3O7S/c1-14-12-15(8-10-19(14)25(27)28)22(26)23-18-13-16(9-11-21(18)32-3)33(29,30)24-17-6-4-5-7-20(17)31-2/h4-13,24H,1-3H3,(H,23,26). The third-order valence-electron chi connectivity index (χ3n) is 4.74. The van der Waals surface area contributed by atoms with E-state index in [0.717, 1.165) is 0 Å². The van der Waals surface area contributed by atoms with Crippen LogP contribution in [0.2, 0.25) is 0 Å². The van der Waals surface area contributed by atoms with Gasteiger partial charge in [-0.05, 0) is 49.4 Å². The number of amides is 1. The van der Waals surface area contributed by atoms with E-state index in [-0.39, 0.29) is 33.3 Å². The van der Waals surface area contributed by atoms with Gasteiger partial charge in [-0.2, -0.15) is 0 Å².